The van der Waals surface area contributed by atoms with Crippen molar-refractivity contribution in [3.8, 4) is 89.7 Å². The number of nitrogens with zero attached hydrogens (tertiary/aromatic N) is 3. The number of hydrogen-bond acceptors (Lipinski definition) is 3. The molecule has 0 amide bonds. The van der Waals surface area contributed by atoms with Gasteiger partial charge in [0.05, 0.1) is 22.3 Å². The number of benzene rings is 8. The fraction of sp³-hybridized carbons (Fsp3) is 0.143. The van der Waals surface area contributed by atoms with E-state index in [9.17, 15) is 5.11 Å². The first-order valence-corrected chi connectivity index (χ1v) is 23.1. The van der Waals surface area contributed by atoms with Gasteiger partial charge in [0, 0.05) is 38.5 Å². The maximum Gasteiger partial charge on any atom is 0.148 e. The molecule has 0 spiro atoms. The molecule has 68 heavy (non-hydrogen) atoms. The summed E-state index contributed by atoms with van der Waals surface area (Å²) < 4.78 is 2.25. The molecule has 1 N–H and O–H groups in total. The van der Waals surface area contributed by atoms with Crippen LogP contribution >= 0.6 is 0 Å². The van der Waals surface area contributed by atoms with Crippen LogP contribution in [0.4, 0.5) is 0 Å². The zero-order valence-electron chi connectivity index (χ0n) is 39.6. The fourth-order valence-electron chi connectivity index (χ4n) is 9.06. The van der Waals surface area contributed by atoms with Gasteiger partial charge in [-0.05, 0) is 98.2 Å². The summed E-state index contributed by atoms with van der Waals surface area (Å²) in [5, 5.41) is 12.1. The van der Waals surface area contributed by atoms with Crippen LogP contribution in [0.25, 0.3) is 95.0 Å². The topological polar surface area (TPSA) is 50.9 Å². The van der Waals surface area contributed by atoms with E-state index in [4.69, 9.17) is 9.97 Å². The summed E-state index contributed by atoms with van der Waals surface area (Å²) in [6, 6.07) is 70.2. The van der Waals surface area contributed by atoms with Crippen LogP contribution in [-0.4, -0.2) is 19.6 Å². The summed E-state index contributed by atoms with van der Waals surface area (Å²) in [5.41, 5.74) is 18.7. The van der Waals surface area contributed by atoms with Crippen LogP contribution in [0.1, 0.15) is 58.2 Å². The summed E-state index contributed by atoms with van der Waals surface area (Å²) in [7, 11) is 0. The summed E-state index contributed by atoms with van der Waals surface area (Å²) >= 11 is 0. The van der Waals surface area contributed by atoms with E-state index in [1.54, 1.807) is 0 Å². The van der Waals surface area contributed by atoms with Crippen molar-refractivity contribution in [1.29, 1.82) is 0 Å². The van der Waals surface area contributed by atoms with Crippen molar-refractivity contribution in [2.24, 2.45) is 0 Å². The van der Waals surface area contributed by atoms with Crippen molar-refractivity contribution in [2.75, 3.05) is 0 Å². The number of pyridine rings is 1. The molecular weight excluding hydrogens is 1010 g/mol. The maximum absolute atomic E-state index is 12.1. The molecule has 0 aliphatic heterocycles. The van der Waals surface area contributed by atoms with Crippen LogP contribution in [-0.2, 0) is 31.9 Å². The molecule has 0 radical (unpaired) electrons. The van der Waals surface area contributed by atoms with Gasteiger partial charge in [-0.1, -0.05) is 204 Å². The van der Waals surface area contributed by atoms with Gasteiger partial charge in [-0.15, -0.1) is 23.8 Å². The van der Waals surface area contributed by atoms with Crippen molar-refractivity contribution >= 4 is 11.0 Å². The fourth-order valence-corrected chi connectivity index (χ4v) is 9.06. The SMILES string of the molecule is Cc1cc(C(C)(C)C)cc(-c2nc3c(-c4[c-]c(-c5cc(-c6ccc(-c7ccccc7)cc6)ccn5)cc(-c5ccccc5)c4)cccc3n2-c2ccc(C(C)(C)C)cc2-c2ccccc2)c1O.[Pt]. The third-order valence-corrected chi connectivity index (χ3v) is 12.9. The number of aromatic hydroxyl groups is 1. The van der Waals surface area contributed by atoms with Gasteiger partial charge in [-0.25, -0.2) is 4.98 Å². The van der Waals surface area contributed by atoms with Gasteiger partial charge >= 0.3 is 0 Å². The zero-order chi connectivity index (χ0) is 46.5. The molecule has 2 aromatic heterocycles. The minimum Gasteiger partial charge on any atom is -0.507 e. The number of aromatic nitrogens is 3. The second-order valence-electron chi connectivity index (χ2n) is 19.7. The van der Waals surface area contributed by atoms with Crippen molar-refractivity contribution in [3.05, 3.63) is 217 Å². The average Bonchev–Trinajstić information content (AvgIpc) is 3.74. The Labute approximate surface area is 415 Å². The Morgan fingerprint density at radius 2 is 1.03 bits per heavy atom. The second-order valence-corrected chi connectivity index (χ2v) is 19.7. The Morgan fingerprint density at radius 3 is 1.66 bits per heavy atom. The molecule has 0 unspecified atom stereocenters. The number of para-hydroxylation sites is 1. The first-order chi connectivity index (χ1) is 32.3. The van der Waals surface area contributed by atoms with E-state index in [0.717, 1.165) is 83.6 Å². The van der Waals surface area contributed by atoms with E-state index in [1.807, 2.05) is 25.3 Å². The summed E-state index contributed by atoms with van der Waals surface area (Å²) in [6.07, 6.45) is 1.89. The maximum atomic E-state index is 12.1. The molecule has 0 aliphatic carbocycles. The second kappa shape index (κ2) is 18.5. The van der Waals surface area contributed by atoms with E-state index in [2.05, 4.69) is 228 Å². The summed E-state index contributed by atoms with van der Waals surface area (Å²) in [6.45, 7) is 15.4. The number of phenols is 1. The molecule has 0 saturated carbocycles. The molecule has 5 heteroatoms. The van der Waals surface area contributed by atoms with E-state index >= 15 is 0 Å². The summed E-state index contributed by atoms with van der Waals surface area (Å²) in [5.74, 6) is 0.890. The van der Waals surface area contributed by atoms with Crippen molar-refractivity contribution < 1.29 is 26.2 Å². The monoisotopic (exact) mass is 1060 g/mol. The standard InChI is InChI=1S/C63H54N3O.Pt/c1-41-34-52(63(5,6)7)40-55(60(41)67)61-65-59-53(24-17-25-58(59)66(61)57-31-30-51(62(2,3)4)39-54(57)46-22-15-10-16-23-46)49-35-48(43-20-13-9-14-21-43)36-50(37-49)56-38-47(32-33-64-56)45-28-26-44(27-29-45)42-18-11-8-12-19-42;/h8-36,38-40,67H,1-7H3;/q-1;. The molecule has 0 fully saturated rings. The first-order valence-electron chi connectivity index (χ1n) is 23.1. The molecular formula is C63H54N3OPt-. The number of hydrogen-bond donors (Lipinski definition) is 1. The minimum atomic E-state index is -0.168. The van der Waals surface area contributed by atoms with Gasteiger partial charge in [0.25, 0.3) is 0 Å². The molecule has 0 atom stereocenters. The molecule has 2 heterocycles. The Bertz CT molecular complexity index is 3420. The third-order valence-electron chi connectivity index (χ3n) is 12.9. The Morgan fingerprint density at radius 1 is 0.471 bits per heavy atom. The minimum absolute atomic E-state index is 0. The smallest absolute Gasteiger partial charge is 0.148 e. The number of fused-ring (bicyclic) bond motifs is 1. The predicted molar refractivity (Wildman–Crippen MR) is 280 cm³/mol. The molecule has 338 valence electrons. The Balaban J connectivity index is 0.00000578. The molecule has 10 aromatic rings. The van der Waals surface area contributed by atoms with Crippen LogP contribution in [0.2, 0.25) is 0 Å². The first kappa shape index (κ1) is 46.0. The largest absolute Gasteiger partial charge is 0.507 e. The third kappa shape index (κ3) is 9.02. The van der Waals surface area contributed by atoms with E-state index in [0.29, 0.717) is 11.4 Å². The number of phenolic OH excluding ortho intramolecular Hbond substituents is 1. The molecule has 0 aliphatic rings. The van der Waals surface area contributed by atoms with Gasteiger partial charge in [0.1, 0.15) is 11.6 Å². The molecule has 10 rings (SSSR count). The van der Waals surface area contributed by atoms with E-state index < -0.39 is 0 Å². The molecule has 0 bridgehead atoms. The Hall–Kier alpha value is -7.13. The molecule has 8 aromatic carbocycles. The van der Waals surface area contributed by atoms with Crippen molar-refractivity contribution in [1.82, 2.24) is 14.5 Å². The number of imidazole rings is 1. The van der Waals surface area contributed by atoms with Gasteiger partial charge in [-0.2, -0.15) is 0 Å². The van der Waals surface area contributed by atoms with Crippen molar-refractivity contribution in [2.45, 2.75) is 59.3 Å². The zero-order valence-corrected chi connectivity index (χ0v) is 41.9. The average molecular weight is 1060 g/mol. The van der Waals surface area contributed by atoms with Crippen LogP contribution in [0, 0.1) is 13.0 Å². The van der Waals surface area contributed by atoms with Gasteiger partial charge in [0.2, 0.25) is 0 Å². The molecule has 0 saturated heterocycles. The van der Waals surface area contributed by atoms with E-state index in [1.165, 1.54) is 16.7 Å². The van der Waals surface area contributed by atoms with Crippen molar-refractivity contribution in [3.63, 3.8) is 0 Å². The van der Waals surface area contributed by atoms with Crippen LogP contribution in [0.3, 0.4) is 0 Å². The number of rotatable bonds is 8. The quantitative estimate of drug-likeness (QED) is 0.154. The van der Waals surface area contributed by atoms with Gasteiger partial charge in [0.15, 0.2) is 0 Å². The van der Waals surface area contributed by atoms with Gasteiger partial charge in [-0.3, -0.25) is 9.55 Å². The summed E-state index contributed by atoms with van der Waals surface area (Å²) in [4.78, 5) is 10.6. The van der Waals surface area contributed by atoms with E-state index in [-0.39, 0.29) is 37.6 Å². The van der Waals surface area contributed by atoms with Crippen LogP contribution in [0.15, 0.2) is 194 Å². The van der Waals surface area contributed by atoms with Crippen LogP contribution in [0.5, 0.6) is 5.75 Å². The predicted octanol–water partition coefficient (Wildman–Crippen LogP) is 16.5. The normalized spacial score (nSPS) is 11.7. The number of aryl methyl sites for hydroxylation is 1. The Kier molecular flexibility index (Phi) is 12.5. The van der Waals surface area contributed by atoms with Gasteiger partial charge < -0.3 is 5.11 Å². The molecule has 4 nitrogen and oxygen atoms in total. The van der Waals surface area contributed by atoms with Crippen LogP contribution < -0.4 is 0 Å².